The molecule has 0 bridgehead atoms. The summed E-state index contributed by atoms with van der Waals surface area (Å²) in [5, 5.41) is 11.7. The molecule has 1 aromatic rings. The maximum atomic E-state index is 10.8. The van der Waals surface area contributed by atoms with Crippen LogP contribution in [-0.4, -0.2) is 22.1 Å². The molecule has 5 nitrogen and oxygen atoms in total. The molecule has 0 aliphatic rings. The number of carbonyl (C=O) groups is 1. The first kappa shape index (κ1) is 11.3. The molecule has 0 radical (unpaired) electrons. The molecule has 0 amide bonds. The Hall–Kier alpha value is -1.78. The van der Waals surface area contributed by atoms with E-state index in [0.717, 1.165) is 5.56 Å². The third-order valence-corrected chi connectivity index (χ3v) is 2.23. The summed E-state index contributed by atoms with van der Waals surface area (Å²) < 4.78 is 0. The van der Waals surface area contributed by atoms with Crippen molar-refractivity contribution >= 4 is 17.5 Å². The molecule has 0 aliphatic heterocycles. The first-order valence-electron chi connectivity index (χ1n) is 4.76. The minimum Gasteiger partial charge on any atom is -0.480 e. The van der Waals surface area contributed by atoms with Crippen LogP contribution in [0.1, 0.15) is 18.9 Å². The molecule has 1 rings (SSSR count). The molecule has 0 saturated carbocycles. The number of carboxylic acid groups (broad SMARTS) is 1. The largest absolute Gasteiger partial charge is 0.480 e. The van der Waals surface area contributed by atoms with Gasteiger partial charge in [0.25, 0.3) is 0 Å². The van der Waals surface area contributed by atoms with Gasteiger partial charge in [-0.2, -0.15) is 0 Å². The van der Waals surface area contributed by atoms with Gasteiger partial charge in [-0.15, -0.1) is 0 Å². The van der Waals surface area contributed by atoms with Crippen LogP contribution >= 0.6 is 0 Å². The van der Waals surface area contributed by atoms with Crippen LogP contribution in [0.3, 0.4) is 0 Å². The van der Waals surface area contributed by atoms with Crippen LogP contribution in [0.5, 0.6) is 0 Å². The number of hydrogen-bond acceptors (Lipinski definition) is 4. The van der Waals surface area contributed by atoms with E-state index in [1.807, 2.05) is 6.92 Å². The second-order valence-corrected chi connectivity index (χ2v) is 3.33. The lowest BCUT2D eigenvalue weighted by Gasteiger charge is -2.15. The van der Waals surface area contributed by atoms with Crippen molar-refractivity contribution in [2.75, 3.05) is 11.1 Å². The molecule has 1 aromatic heterocycles. The maximum absolute atomic E-state index is 10.8. The highest BCUT2D eigenvalue weighted by molar-refractivity contribution is 5.79. The van der Waals surface area contributed by atoms with Crippen LogP contribution in [0, 0.1) is 6.92 Å². The highest BCUT2D eigenvalue weighted by Crippen LogP contribution is 2.19. The third kappa shape index (κ3) is 2.59. The van der Waals surface area contributed by atoms with Gasteiger partial charge in [-0.1, -0.05) is 6.92 Å². The van der Waals surface area contributed by atoms with Gasteiger partial charge in [-0.05, 0) is 25.0 Å². The Morgan fingerprint density at radius 1 is 1.73 bits per heavy atom. The second-order valence-electron chi connectivity index (χ2n) is 3.33. The fraction of sp³-hybridized carbons (Fsp3) is 0.400. The summed E-state index contributed by atoms with van der Waals surface area (Å²) >= 11 is 0. The molecule has 0 aliphatic carbocycles. The summed E-state index contributed by atoms with van der Waals surface area (Å²) in [6, 6.07) is 1.13. The van der Waals surface area contributed by atoms with E-state index in [9.17, 15) is 4.79 Å². The van der Waals surface area contributed by atoms with Crippen molar-refractivity contribution in [2.24, 2.45) is 0 Å². The Kier molecular flexibility index (Phi) is 3.49. The van der Waals surface area contributed by atoms with E-state index in [1.54, 1.807) is 19.2 Å². The quantitative estimate of drug-likeness (QED) is 0.694. The van der Waals surface area contributed by atoms with Crippen molar-refractivity contribution in [1.82, 2.24) is 4.98 Å². The number of aromatic nitrogens is 1. The topological polar surface area (TPSA) is 88.2 Å². The van der Waals surface area contributed by atoms with E-state index in [1.165, 1.54) is 0 Å². The van der Waals surface area contributed by atoms with Gasteiger partial charge >= 0.3 is 5.97 Å². The Morgan fingerprint density at radius 3 is 2.93 bits per heavy atom. The van der Waals surface area contributed by atoms with Crippen molar-refractivity contribution in [2.45, 2.75) is 26.3 Å². The standard InChI is InChI=1S/C10H15N3O2/c1-3-7(10(14)15)13-9-8(11)6(2)4-5-12-9/h4-5,7H,3,11H2,1-2H3,(H,12,13)(H,14,15). The van der Waals surface area contributed by atoms with Gasteiger partial charge in [0.05, 0.1) is 5.69 Å². The van der Waals surface area contributed by atoms with E-state index in [0.29, 0.717) is 17.9 Å². The van der Waals surface area contributed by atoms with E-state index in [2.05, 4.69) is 10.3 Å². The highest BCUT2D eigenvalue weighted by atomic mass is 16.4. The van der Waals surface area contributed by atoms with E-state index in [4.69, 9.17) is 10.8 Å². The highest BCUT2D eigenvalue weighted by Gasteiger charge is 2.16. The molecule has 0 saturated heterocycles. The van der Waals surface area contributed by atoms with Crippen LogP contribution in [0.25, 0.3) is 0 Å². The molecule has 5 heteroatoms. The predicted octanol–water partition coefficient (Wildman–Crippen LogP) is 1.25. The fourth-order valence-corrected chi connectivity index (χ4v) is 1.19. The summed E-state index contributed by atoms with van der Waals surface area (Å²) in [6.07, 6.45) is 2.08. The Morgan fingerprint density at radius 2 is 2.40 bits per heavy atom. The molecule has 15 heavy (non-hydrogen) atoms. The van der Waals surface area contributed by atoms with E-state index in [-0.39, 0.29) is 0 Å². The summed E-state index contributed by atoms with van der Waals surface area (Å²) in [5.41, 5.74) is 7.15. The molecule has 0 aromatic carbocycles. The number of pyridine rings is 1. The number of nitrogens with zero attached hydrogens (tertiary/aromatic N) is 1. The fourth-order valence-electron chi connectivity index (χ4n) is 1.19. The third-order valence-electron chi connectivity index (χ3n) is 2.23. The minimum atomic E-state index is -0.903. The number of anilines is 2. The number of rotatable bonds is 4. The van der Waals surface area contributed by atoms with Crippen molar-refractivity contribution < 1.29 is 9.90 Å². The van der Waals surface area contributed by atoms with Gasteiger partial charge < -0.3 is 16.2 Å². The molecular formula is C10H15N3O2. The van der Waals surface area contributed by atoms with Crippen LogP contribution in [0.15, 0.2) is 12.3 Å². The van der Waals surface area contributed by atoms with Gasteiger partial charge in [-0.3, -0.25) is 0 Å². The number of nitrogens with one attached hydrogen (secondary N) is 1. The van der Waals surface area contributed by atoms with Crippen LogP contribution < -0.4 is 11.1 Å². The summed E-state index contributed by atoms with van der Waals surface area (Å²) in [5.74, 6) is -0.468. The second kappa shape index (κ2) is 4.63. The average Bonchev–Trinajstić information content (AvgIpc) is 2.19. The normalized spacial score (nSPS) is 12.1. The van der Waals surface area contributed by atoms with E-state index < -0.39 is 12.0 Å². The van der Waals surface area contributed by atoms with Crippen LogP contribution in [0.4, 0.5) is 11.5 Å². The van der Waals surface area contributed by atoms with Crippen molar-refractivity contribution in [1.29, 1.82) is 0 Å². The monoisotopic (exact) mass is 209 g/mol. The van der Waals surface area contributed by atoms with Gasteiger partial charge in [0, 0.05) is 6.20 Å². The van der Waals surface area contributed by atoms with Gasteiger partial charge in [0.2, 0.25) is 0 Å². The number of carboxylic acids is 1. The van der Waals surface area contributed by atoms with Gasteiger partial charge in [0.15, 0.2) is 0 Å². The smallest absolute Gasteiger partial charge is 0.326 e. The lowest BCUT2D eigenvalue weighted by Crippen LogP contribution is -2.29. The van der Waals surface area contributed by atoms with Gasteiger partial charge in [0.1, 0.15) is 11.9 Å². The Bertz CT molecular complexity index is 366. The Labute approximate surface area is 88.3 Å². The lowest BCUT2D eigenvalue weighted by molar-refractivity contribution is -0.137. The summed E-state index contributed by atoms with van der Waals surface area (Å²) in [7, 11) is 0. The zero-order valence-electron chi connectivity index (χ0n) is 8.82. The average molecular weight is 209 g/mol. The number of nitrogens with two attached hydrogens (primary N) is 1. The summed E-state index contributed by atoms with van der Waals surface area (Å²) in [4.78, 5) is 14.8. The predicted molar refractivity (Wildman–Crippen MR) is 58.7 cm³/mol. The molecule has 0 fully saturated rings. The van der Waals surface area contributed by atoms with Crippen LogP contribution in [0.2, 0.25) is 0 Å². The molecule has 1 atom stereocenters. The molecule has 0 spiro atoms. The zero-order chi connectivity index (χ0) is 11.4. The number of aliphatic carboxylic acids is 1. The van der Waals surface area contributed by atoms with Crippen molar-refractivity contribution in [3.05, 3.63) is 17.8 Å². The maximum Gasteiger partial charge on any atom is 0.326 e. The first-order valence-corrected chi connectivity index (χ1v) is 4.76. The molecule has 1 unspecified atom stereocenters. The number of hydrogen-bond donors (Lipinski definition) is 3. The van der Waals surface area contributed by atoms with Crippen molar-refractivity contribution in [3.8, 4) is 0 Å². The zero-order valence-corrected chi connectivity index (χ0v) is 8.82. The molecular weight excluding hydrogens is 194 g/mol. The first-order chi connectivity index (χ1) is 7.06. The molecule has 4 N–H and O–H groups in total. The summed E-state index contributed by atoms with van der Waals surface area (Å²) in [6.45, 7) is 3.64. The van der Waals surface area contributed by atoms with Crippen molar-refractivity contribution in [3.63, 3.8) is 0 Å². The SMILES string of the molecule is CCC(Nc1nccc(C)c1N)C(=O)O. The lowest BCUT2D eigenvalue weighted by atomic mass is 10.2. The van der Waals surface area contributed by atoms with E-state index >= 15 is 0 Å². The van der Waals surface area contributed by atoms with Crippen LogP contribution in [-0.2, 0) is 4.79 Å². The Balaban J connectivity index is 2.88. The number of aryl methyl sites for hydroxylation is 1. The number of nitrogen functional groups attached to an aromatic ring is 1. The molecule has 82 valence electrons. The van der Waals surface area contributed by atoms with Gasteiger partial charge in [-0.25, -0.2) is 9.78 Å². The molecule has 1 heterocycles. The minimum absolute atomic E-state index is 0.434.